The van der Waals surface area contributed by atoms with Gasteiger partial charge in [0.1, 0.15) is 19.6 Å². The first-order valence-corrected chi connectivity index (χ1v) is 22.3. The summed E-state index contributed by atoms with van der Waals surface area (Å²) in [5.41, 5.74) is -0.217. The molecule has 3 aromatic rings. The first kappa shape index (κ1) is 38.5. The third kappa shape index (κ3) is 8.52. The summed E-state index contributed by atoms with van der Waals surface area (Å²) in [5, 5.41) is 10.2. The molecule has 6 N–H and O–H groups in total. The molecule has 3 aliphatic carbocycles. The Kier molecular flexibility index (Phi) is 11.1. The molecule has 3 atom stereocenters. The molecule has 0 spiro atoms. The van der Waals surface area contributed by atoms with Gasteiger partial charge in [-0.25, -0.2) is 53.4 Å². The van der Waals surface area contributed by atoms with E-state index in [4.69, 9.17) is 10.3 Å². The molecule has 3 saturated carbocycles. The Balaban J connectivity index is 0.000000201. The molecule has 0 heterocycles. The largest absolute Gasteiger partial charge is 0.274 e. The number of hydrogen-bond donors (Lipinski definition) is 4. The highest BCUT2D eigenvalue weighted by molar-refractivity contribution is 7.93. The van der Waals surface area contributed by atoms with Gasteiger partial charge < -0.3 is 0 Å². The number of amides is 2. The van der Waals surface area contributed by atoms with Crippen molar-refractivity contribution in [2.45, 2.75) is 82.8 Å². The monoisotopic (exact) mass is 780 g/mol. The van der Waals surface area contributed by atoms with Gasteiger partial charge in [-0.3, -0.25) is 9.59 Å². The highest BCUT2D eigenvalue weighted by atomic mass is 32.2. The summed E-state index contributed by atoms with van der Waals surface area (Å²) in [6.07, 6.45) is 7.32. The number of nitrogens with one attached hydrogen (secondary N) is 2. The third-order valence-corrected chi connectivity index (χ3v) is 14.9. The minimum atomic E-state index is -4.43. The minimum absolute atomic E-state index is 0.226. The lowest BCUT2D eigenvalue weighted by atomic mass is 9.69. The van der Waals surface area contributed by atoms with Crippen LogP contribution in [0.4, 0.5) is 0 Å². The minimum Gasteiger partial charge on any atom is -0.274 e. The van der Waals surface area contributed by atoms with Crippen LogP contribution in [0.15, 0.2) is 98.4 Å². The molecule has 0 saturated heterocycles. The summed E-state index contributed by atoms with van der Waals surface area (Å²) in [7, 11) is -17.2. The molecule has 0 aliphatic heterocycles. The smallest absolute Gasteiger partial charge is 0.265 e. The Bertz CT molecular complexity index is 2240. The van der Waals surface area contributed by atoms with Gasteiger partial charge in [0.2, 0.25) is 31.9 Å². The first-order chi connectivity index (χ1) is 23.8. The molecule has 18 heteroatoms. The van der Waals surface area contributed by atoms with Gasteiger partial charge in [0.05, 0.1) is 5.41 Å². The van der Waals surface area contributed by atoms with E-state index in [0.717, 1.165) is 68.4 Å². The van der Waals surface area contributed by atoms with Gasteiger partial charge in [0, 0.05) is 5.92 Å². The summed E-state index contributed by atoms with van der Waals surface area (Å²) in [6, 6.07) is 19.0. The Labute approximate surface area is 298 Å². The van der Waals surface area contributed by atoms with Crippen LogP contribution in [-0.4, -0.2) is 45.5 Å². The predicted molar refractivity (Wildman–Crippen MR) is 186 cm³/mol. The van der Waals surface area contributed by atoms with Crippen LogP contribution >= 0.6 is 0 Å². The van der Waals surface area contributed by atoms with Gasteiger partial charge in [0.15, 0.2) is 0 Å². The lowest BCUT2D eigenvalue weighted by molar-refractivity contribution is -0.126. The summed E-state index contributed by atoms with van der Waals surface area (Å²) in [4.78, 5) is 23.4. The summed E-state index contributed by atoms with van der Waals surface area (Å²) in [5.74, 6) is -0.798. The van der Waals surface area contributed by atoms with E-state index in [9.17, 15) is 43.3 Å². The number of fused-ring (bicyclic) bond motifs is 2. The van der Waals surface area contributed by atoms with E-state index in [1.165, 1.54) is 24.3 Å². The Morgan fingerprint density at radius 2 is 1.06 bits per heavy atom. The number of benzene rings is 3. The van der Waals surface area contributed by atoms with Crippen molar-refractivity contribution in [2.24, 2.45) is 28.0 Å². The van der Waals surface area contributed by atoms with Crippen molar-refractivity contribution in [3.63, 3.8) is 0 Å². The lowest BCUT2D eigenvalue weighted by Crippen LogP contribution is -2.48. The SMILES string of the molecule is NS(=O)(=O)c1ccccc1S(=O)(=O)NC(=O)C1(c2ccccc2)CCCCC1.NS(=O)(=O)c1ccccc1S(=O)(=O)NC(=O)C1CC2CCC1C2. The maximum absolute atomic E-state index is 13.2. The molecule has 6 rings (SSSR count). The van der Waals surface area contributed by atoms with E-state index in [-0.39, 0.29) is 11.8 Å². The Hall–Kier alpha value is -3.68. The van der Waals surface area contributed by atoms with Crippen molar-refractivity contribution in [3.8, 4) is 0 Å². The van der Waals surface area contributed by atoms with E-state index >= 15 is 0 Å². The van der Waals surface area contributed by atoms with Crippen molar-refractivity contribution in [2.75, 3.05) is 0 Å². The van der Waals surface area contributed by atoms with Crippen molar-refractivity contribution in [1.29, 1.82) is 0 Å². The van der Waals surface area contributed by atoms with E-state index in [1.807, 2.05) is 35.1 Å². The van der Waals surface area contributed by atoms with Crippen LogP contribution in [0.1, 0.15) is 63.4 Å². The summed E-state index contributed by atoms with van der Waals surface area (Å²) >= 11 is 0. The second-order valence-electron chi connectivity index (χ2n) is 13.2. The summed E-state index contributed by atoms with van der Waals surface area (Å²) < 4.78 is 101. The molecule has 14 nitrogen and oxygen atoms in total. The Morgan fingerprint density at radius 3 is 1.51 bits per heavy atom. The first-order valence-electron chi connectivity index (χ1n) is 16.3. The number of sulfonamides is 4. The zero-order chi connectivity index (χ0) is 37.2. The van der Waals surface area contributed by atoms with E-state index < -0.39 is 76.9 Å². The normalized spacial score (nSPS) is 21.6. The van der Waals surface area contributed by atoms with E-state index in [0.29, 0.717) is 25.2 Å². The average Bonchev–Trinajstić information content (AvgIpc) is 3.73. The van der Waals surface area contributed by atoms with Crippen molar-refractivity contribution >= 4 is 51.9 Å². The van der Waals surface area contributed by atoms with Crippen molar-refractivity contribution in [3.05, 3.63) is 84.4 Å². The van der Waals surface area contributed by atoms with Crippen LogP contribution in [-0.2, 0) is 55.1 Å². The van der Waals surface area contributed by atoms with Crippen molar-refractivity contribution in [1.82, 2.24) is 9.44 Å². The highest BCUT2D eigenvalue weighted by Crippen LogP contribution is 2.48. The molecule has 51 heavy (non-hydrogen) atoms. The van der Waals surface area contributed by atoms with Crippen LogP contribution in [0.5, 0.6) is 0 Å². The molecule has 0 aromatic heterocycles. The van der Waals surface area contributed by atoms with Gasteiger partial charge in [-0.15, -0.1) is 0 Å². The molecular formula is C33H40N4O10S4. The number of nitrogens with two attached hydrogens (primary N) is 2. The molecule has 3 aliphatic rings. The summed E-state index contributed by atoms with van der Waals surface area (Å²) in [6.45, 7) is 0. The molecule has 276 valence electrons. The molecule has 3 unspecified atom stereocenters. The fourth-order valence-corrected chi connectivity index (χ4v) is 12.3. The van der Waals surface area contributed by atoms with Crippen LogP contribution in [0, 0.1) is 17.8 Å². The number of rotatable bonds is 9. The fraction of sp³-hybridized carbons (Fsp3) is 0.394. The molecule has 2 amide bonds. The molecular weight excluding hydrogens is 741 g/mol. The van der Waals surface area contributed by atoms with E-state index in [2.05, 4.69) is 4.72 Å². The lowest BCUT2D eigenvalue weighted by Gasteiger charge is -2.36. The van der Waals surface area contributed by atoms with Crippen LogP contribution in [0.3, 0.4) is 0 Å². The number of hydrogen-bond acceptors (Lipinski definition) is 10. The van der Waals surface area contributed by atoms with Crippen LogP contribution in [0.25, 0.3) is 0 Å². The highest BCUT2D eigenvalue weighted by Gasteiger charge is 2.45. The molecule has 2 bridgehead atoms. The zero-order valence-corrected chi connectivity index (χ0v) is 30.7. The second-order valence-corrected chi connectivity index (χ2v) is 19.5. The van der Waals surface area contributed by atoms with Gasteiger partial charge in [-0.05, 0) is 73.8 Å². The number of primary sulfonamides is 2. The van der Waals surface area contributed by atoms with Gasteiger partial charge in [-0.2, -0.15) is 0 Å². The molecule has 3 fully saturated rings. The van der Waals surface area contributed by atoms with E-state index in [1.54, 1.807) is 0 Å². The Morgan fingerprint density at radius 1 is 0.588 bits per heavy atom. The fourth-order valence-electron chi connectivity index (χ4n) is 7.48. The third-order valence-electron chi connectivity index (χ3n) is 9.90. The van der Waals surface area contributed by atoms with Crippen LogP contribution in [0.2, 0.25) is 0 Å². The van der Waals surface area contributed by atoms with Gasteiger partial charge in [-0.1, -0.05) is 80.3 Å². The predicted octanol–water partition coefficient (Wildman–Crippen LogP) is 2.62. The standard InChI is InChI=1S/C19H22N2O5S2.C14H18N2O5S2/c20-27(23,24)16-11-5-6-12-17(16)28(25,26)21-18(22)19(13-7-2-8-14-19)15-9-3-1-4-10-15;15-22(18,19)12-3-1-2-4-13(12)23(20,21)16-14(17)11-8-9-5-6-10(11)7-9/h1,3-6,9-12H,2,7-8,13-14H2,(H,21,22)(H2,20,23,24);1-4,9-11H,5-8H2,(H,16,17)(H2,15,18,19). The number of carbonyl (C=O) groups excluding carboxylic acids is 2. The van der Waals surface area contributed by atoms with Crippen molar-refractivity contribution < 1.29 is 43.3 Å². The average molecular weight is 781 g/mol. The second kappa shape index (κ2) is 14.7. The quantitative estimate of drug-likeness (QED) is 0.247. The van der Waals surface area contributed by atoms with Gasteiger partial charge in [0.25, 0.3) is 20.0 Å². The molecule has 0 radical (unpaired) electrons. The topological polar surface area (TPSA) is 247 Å². The van der Waals surface area contributed by atoms with Gasteiger partial charge >= 0.3 is 0 Å². The number of carbonyl (C=O) groups is 2. The zero-order valence-electron chi connectivity index (χ0n) is 27.5. The van der Waals surface area contributed by atoms with Crippen LogP contribution < -0.4 is 19.7 Å². The maximum Gasteiger partial charge on any atom is 0.265 e. The molecule has 3 aromatic carbocycles. The maximum atomic E-state index is 13.2.